The number of nitrogens with zero attached hydrogens (tertiary/aromatic N) is 1. The largest absolute Gasteiger partial charge is 0.493 e. The zero-order chi connectivity index (χ0) is 30.6. The van der Waals surface area contributed by atoms with E-state index in [4.69, 9.17) is 30.0 Å². The first-order valence-electron chi connectivity index (χ1n) is 14.9. The van der Waals surface area contributed by atoms with Gasteiger partial charge < -0.3 is 9.47 Å². The zero-order valence-electron chi connectivity index (χ0n) is 28.6. The van der Waals surface area contributed by atoms with Crippen LogP contribution in [0.3, 0.4) is 0 Å². The van der Waals surface area contributed by atoms with Gasteiger partial charge in [-0.1, -0.05) is 20.8 Å². The lowest BCUT2D eigenvalue weighted by atomic mass is 9.76. The standard InChI is InChI=1S/C20H29NO3/c1-20(2,3)11-14-12-21-7-6-13-8-18(23-4)19(24-5)9-15(13)16(21)10-17(14)22/h8-9,14,16H,6-7,10-12H2,1-5H3/t14-,16-/m0/s1/i4D3,5D3,6D2,7D2,10D2,12D2,14D. The van der Waals surface area contributed by atoms with Crippen molar-refractivity contribution in [3.8, 4) is 11.5 Å². The van der Waals surface area contributed by atoms with Crippen molar-refractivity contribution >= 4 is 5.78 Å². The molecular weight excluding hydrogens is 302 g/mol. The first-order chi connectivity index (χ1) is 17.0. The van der Waals surface area contributed by atoms with E-state index in [9.17, 15) is 4.79 Å². The van der Waals surface area contributed by atoms with Crippen LogP contribution in [0.2, 0.25) is 0 Å². The summed E-state index contributed by atoms with van der Waals surface area (Å²) in [7, 11) is -6.37. The van der Waals surface area contributed by atoms with E-state index in [2.05, 4.69) is 0 Å². The number of rotatable bonds is 3. The van der Waals surface area contributed by atoms with Crippen LogP contribution in [-0.2, 0) is 11.2 Å². The van der Waals surface area contributed by atoms with E-state index in [1.54, 1.807) is 20.8 Å². The van der Waals surface area contributed by atoms with Crippen molar-refractivity contribution in [2.75, 3.05) is 27.1 Å². The molecule has 0 amide bonds. The molecule has 1 fully saturated rings. The Morgan fingerprint density at radius 1 is 1.33 bits per heavy atom. The summed E-state index contributed by atoms with van der Waals surface area (Å²) in [4.78, 5) is 13.8. The monoisotopic (exact) mass is 346 g/mol. The molecule has 2 aliphatic rings. The highest BCUT2D eigenvalue weighted by atomic mass is 16.5. The maximum Gasteiger partial charge on any atom is 0.161 e. The minimum atomic E-state index is -3.41. The van der Waals surface area contributed by atoms with Gasteiger partial charge in [0, 0.05) is 43.6 Å². The summed E-state index contributed by atoms with van der Waals surface area (Å²) in [5, 5.41) is 0. The highest BCUT2D eigenvalue weighted by molar-refractivity contribution is 5.83. The molecule has 24 heavy (non-hydrogen) atoms. The Labute approximate surface area is 166 Å². The normalized spacial score (nSPS) is 46.0. The van der Waals surface area contributed by atoms with E-state index in [0.29, 0.717) is 6.07 Å². The van der Waals surface area contributed by atoms with E-state index in [-0.39, 0.29) is 4.90 Å². The molecule has 0 bridgehead atoms. The number of ketones is 1. The first-order valence-corrected chi connectivity index (χ1v) is 7.42. The third-order valence-corrected chi connectivity index (χ3v) is 3.70. The van der Waals surface area contributed by atoms with Gasteiger partial charge in [-0.05, 0) is 41.5 Å². The smallest absolute Gasteiger partial charge is 0.161 e. The Hall–Kier alpha value is -1.55. The summed E-state index contributed by atoms with van der Waals surface area (Å²) < 4.78 is 133. The van der Waals surface area contributed by atoms with E-state index in [1.165, 1.54) is 0 Å². The summed E-state index contributed by atoms with van der Waals surface area (Å²) in [6.45, 7) is -1.94. The van der Waals surface area contributed by atoms with Crippen molar-refractivity contribution in [1.29, 1.82) is 0 Å². The molecule has 1 saturated heterocycles. The topological polar surface area (TPSA) is 38.8 Å². The van der Waals surface area contributed by atoms with Crippen molar-refractivity contribution in [2.45, 2.75) is 46.0 Å². The van der Waals surface area contributed by atoms with Crippen LogP contribution in [0.15, 0.2) is 12.1 Å². The fourth-order valence-corrected chi connectivity index (χ4v) is 2.69. The Morgan fingerprint density at radius 3 is 2.71 bits per heavy atom. The molecule has 0 radical (unpaired) electrons. The van der Waals surface area contributed by atoms with Crippen LogP contribution in [0.1, 0.15) is 71.3 Å². The van der Waals surface area contributed by atoms with Crippen molar-refractivity contribution < 1.29 is 34.8 Å². The Kier molecular flexibility index (Phi) is 1.77. The average molecular weight is 347 g/mol. The molecule has 4 heteroatoms. The van der Waals surface area contributed by atoms with Gasteiger partial charge in [-0.25, -0.2) is 0 Å². The summed E-state index contributed by atoms with van der Waals surface area (Å²) in [5.74, 6) is -6.01. The number of Topliss-reactive ketones (excluding diaryl/α,β-unsaturated/α-hetero) is 1. The molecule has 0 spiro atoms. The van der Waals surface area contributed by atoms with Gasteiger partial charge in [0.15, 0.2) is 11.5 Å². The van der Waals surface area contributed by atoms with Crippen LogP contribution >= 0.6 is 0 Å². The molecule has 0 aromatic heterocycles. The van der Waals surface area contributed by atoms with Crippen LogP contribution in [-0.4, -0.2) is 37.8 Å². The van der Waals surface area contributed by atoms with Gasteiger partial charge in [0.2, 0.25) is 0 Å². The van der Waals surface area contributed by atoms with E-state index >= 15 is 0 Å². The number of benzene rings is 1. The van der Waals surface area contributed by atoms with Crippen LogP contribution in [0.25, 0.3) is 0 Å². The van der Waals surface area contributed by atoms with Gasteiger partial charge in [-0.15, -0.1) is 0 Å². The molecule has 4 nitrogen and oxygen atoms in total. The maximum atomic E-state index is 13.6. The molecule has 3 rings (SSSR count). The predicted octanol–water partition coefficient (Wildman–Crippen LogP) is 3.63. The van der Waals surface area contributed by atoms with Gasteiger partial charge in [-0.3, -0.25) is 9.69 Å². The molecule has 0 N–H and O–H groups in total. The second-order valence-corrected chi connectivity index (χ2v) is 6.90. The fraction of sp³-hybridized carbons (Fsp3) is 0.650. The van der Waals surface area contributed by atoms with Gasteiger partial charge in [0.05, 0.1) is 22.3 Å². The summed E-state index contributed by atoms with van der Waals surface area (Å²) in [6, 6.07) is -0.825. The molecule has 1 aromatic rings. The second-order valence-electron chi connectivity index (χ2n) is 6.90. The lowest BCUT2D eigenvalue weighted by Gasteiger charge is -2.44. The van der Waals surface area contributed by atoms with Gasteiger partial charge in [-0.2, -0.15) is 0 Å². The SMILES string of the molecule is [2H]C([2H])([2H])Oc1cc2c(cc1OC([2H])([2H])[2H])C([2H])([2H])C([2H])([2H])N1[C@H]2C([2H])([2H])C(=O)[C@@]([2H])(CC(C)(C)C)C1([2H])[2H]. The van der Waals surface area contributed by atoms with Gasteiger partial charge >= 0.3 is 0 Å². The Bertz CT molecular complexity index is 1170. The lowest BCUT2D eigenvalue weighted by Crippen LogP contribution is -2.47. The number of aryl methyl sites for hydroxylation is 1. The minimum absolute atomic E-state index is 0.186. The number of ether oxygens (including phenoxy) is 2. The minimum Gasteiger partial charge on any atom is -0.493 e. The van der Waals surface area contributed by atoms with Crippen molar-refractivity contribution in [3.05, 3.63) is 23.3 Å². The Balaban J connectivity index is 2.44. The summed E-state index contributed by atoms with van der Waals surface area (Å²) in [5.41, 5.74) is -2.17. The van der Waals surface area contributed by atoms with E-state index in [1.807, 2.05) is 0 Å². The molecule has 2 heterocycles. The predicted molar refractivity (Wildman–Crippen MR) is 94.8 cm³/mol. The maximum absolute atomic E-state index is 13.6. The Morgan fingerprint density at radius 2 is 2.04 bits per heavy atom. The molecule has 1 aromatic carbocycles. The molecule has 2 aliphatic heterocycles. The van der Waals surface area contributed by atoms with Crippen molar-refractivity contribution in [3.63, 3.8) is 0 Å². The van der Waals surface area contributed by atoms with Crippen LogP contribution in [0.5, 0.6) is 11.5 Å². The highest BCUT2D eigenvalue weighted by Gasteiger charge is 2.39. The summed E-state index contributed by atoms with van der Waals surface area (Å²) >= 11 is 0. The quantitative estimate of drug-likeness (QED) is 0.838. The number of fused-ring (bicyclic) bond motifs is 3. The van der Waals surface area contributed by atoms with Crippen LogP contribution in [0.4, 0.5) is 0 Å². The third-order valence-electron chi connectivity index (χ3n) is 3.70. The van der Waals surface area contributed by atoms with Crippen molar-refractivity contribution in [2.24, 2.45) is 11.3 Å². The zero-order valence-corrected chi connectivity index (χ0v) is 13.6. The van der Waals surface area contributed by atoms with E-state index in [0.717, 1.165) is 6.07 Å². The average Bonchev–Trinajstić information content (AvgIpc) is 2.66. The van der Waals surface area contributed by atoms with Crippen LogP contribution < -0.4 is 9.47 Å². The second kappa shape index (κ2) is 6.40. The fourth-order valence-electron chi connectivity index (χ4n) is 2.69. The van der Waals surface area contributed by atoms with Gasteiger partial charge in [0.25, 0.3) is 0 Å². The number of hydrogen-bond acceptors (Lipinski definition) is 4. The molecule has 0 unspecified atom stereocenters. The number of hydrogen-bond donors (Lipinski definition) is 0. The molecule has 0 aliphatic carbocycles. The van der Waals surface area contributed by atoms with Crippen LogP contribution in [0, 0.1) is 11.3 Å². The first kappa shape index (κ1) is 6.64. The number of methoxy groups -OCH3 is 2. The van der Waals surface area contributed by atoms with Crippen molar-refractivity contribution in [1.82, 2.24) is 4.90 Å². The number of carbonyl (C=O) groups is 1. The lowest BCUT2D eigenvalue weighted by molar-refractivity contribution is -0.130. The third kappa shape index (κ3) is 3.30. The highest BCUT2D eigenvalue weighted by Crippen LogP contribution is 2.43. The number of carbonyl (C=O) groups excluding carboxylic acids is 1. The molecule has 2 atom stereocenters. The molecular formula is C20H29NO3. The molecule has 132 valence electrons. The summed E-state index contributed by atoms with van der Waals surface area (Å²) in [6.07, 6.45) is -6.95. The number of piperidine rings is 1. The van der Waals surface area contributed by atoms with Gasteiger partial charge in [0.1, 0.15) is 5.78 Å². The molecule has 0 saturated carbocycles. The van der Waals surface area contributed by atoms with E-state index < -0.39 is 92.0 Å².